The molecule has 1 aromatic rings. The zero-order valence-electron chi connectivity index (χ0n) is 12.7. The molecule has 0 aliphatic carbocycles. The Bertz CT molecular complexity index is 549. The zero-order chi connectivity index (χ0) is 15.6. The second kappa shape index (κ2) is 5.76. The first-order valence-corrected chi connectivity index (χ1v) is 7.17. The molecule has 0 bridgehead atoms. The van der Waals surface area contributed by atoms with Gasteiger partial charge in [0.15, 0.2) is 0 Å². The van der Waals surface area contributed by atoms with Crippen molar-refractivity contribution in [2.75, 3.05) is 18.4 Å². The van der Waals surface area contributed by atoms with Gasteiger partial charge in [-0.3, -0.25) is 0 Å². The second-order valence-electron chi connectivity index (χ2n) is 6.58. The molecule has 5 heteroatoms. The van der Waals surface area contributed by atoms with Crippen LogP contribution < -0.4 is 5.32 Å². The summed E-state index contributed by atoms with van der Waals surface area (Å²) in [5.41, 5.74) is 0.625. The van der Waals surface area contributed by atoms with E-state index < -0.39 is 5.97 Å². The average Bonchev–Trinajstić information content (AvgIpc) is 2.88. The lowest BCUT2D eigenvalue weighted by atomic mass is 9.80. The van der Waals surface area contributed by atoms with Gasteiger partial charge in [0.05, 0.1) is 11.3 Å². The minimum Gasteiger partial charge on any atom is -0.478 e. The van der Waals surface area contributed by atoms with Crippen LogP contribution in [0.2, 0.25) is 0 Å². The average molecular weight is 290 g/mol. The number of carbonyl (C=O) groups excluding carboxylic acids is 1. The van der Waals surface area contributed by atoms with Gasteiger partial charge in [-0.1, -0.05) is 32.9 Å². The normalized spacial score (nSPS) is 18.6. The molecule has 114 valence electrons. The number of hydrogen-bond donors (Lipinski definition) is 2. The van der Waals surface area contributed by atoms with Gasteiger partial charge in [-0.2, -0.15) is 0 Å². The van der Waals surface area contributed by atoms with Crippen molar-refractivity contribution in [3.8, 4) is 0 Å². The lowest BCUT2D eigenvalue weighted by Crippen LogP contribution is -2.34. The van der Waals surface area contributed by atoms with Crippen LogP contribution in [0.25, 0.3) is 0 Å². The molecular formula is C16H22N2O3. The van der Waals surface area contributed by atoms with E-state index in [9.17, 15) is 9.59 Å². The Morgan fingerprint density at radius 3 is 2.52 bits per heavy atom. The standard InChI is InChI=1S/C16H22N2O3/c1-16(2,3)11-8-9-18(10-11)15(21)17-13-7-5-4-6-12(13)14(19)20/h4-7,11H,8-10H2,1-3H3,(H,17,21)(H,19,20). The molecule has 1 atom stereocenters. The molecular weight excluding hydrogens is 268 g/mol. The molecule has 1 aliphatic heterocycles. The van der Waals surface area contributed by atoms with Gasteiger partial charge in [-0.05, 0) is 29.9 Å². The number of amides is 2. The van der Waals surface area contributed by atoms with E-state index >= 15 is 0 Å². The fourth-order valence-electron chi connectivity index (χ4n) is 2.62. The van der Waals surface area contributed by atoms with Crippen LogP contribution in [-0.4, -0.2) is 35.1 Å². The maximum atomic E-state index is 12.3. The third kappa shape index (κ3) is 3.54. The number of likely N-dealkylation sites (tertiary alicyclic amines) is 1. The fourth-order valence-corrected chi connectivity index (χ4v) is 2.62. The summed E-state index contributed by atoms with van der Waals surface area (Å²) in [5, 5.41) is 11.8. The first-order valence-electron chi connectivity index (χ1n) is 7.17. The van der Waals surface area contributed by atoms with Crippen LogP contribution in [0, 0.1) is 11.3 Å². The van der Waals surface area contributed by atoms with Crippen LogP contribution in [0.15, 0.2) is 24.3 Å². The molecule has 0 saturated carbocycles. The molecule has 0 radical (unpaired) electrons. The smallest absolute Gasteiger partial charge is 0.337 e. The number of nitrogens with one attached hydrogen (secondary N) is 1. The van der Waals surface area contributed by atoms with Gasteiger partial charge < -0.3 is 15.3 Å². The number of urea groups is 1. The summed E-state index contributed by atoms with van der Waals surface area (Å²) >= 11 is 0. The molecule has 1 saturated heterocycles. The van der Waals surface area contributed by atoms with E-state index in [4.69, 9.17) is 5.11 Å². The molecule has 1 unspecified atom stereocenters. The van der Waals surface area contributed by atoms with Crippen molar-refractivity contribution >= 4 is 17.7 Å². The molecule has 0 aromatic heterocycles. The van der Waals surface area contributed by atoms with Crippen LogP contribution in [0.5, 0.6) is 0 Å². The lowest BCUT2D eigenvalue weighted by molar-refractivity contribution is 0.0698. The van der Waals surface area contributed by atoms with Crippen molar-refractivity contribution in [3.63, 3.8) is 0 Å². The van der Waals surface area contributed by atoms with E-state index in [1.54, 1.807) is 23.1 Å². The highest BCUT2D eigenvalue weighted by Gasteiger charge is 2.34. The van der Waals surface area contributed by atoms with Gasteiger partial charge in [0.2, 0.25) is 0 Å². The van der Waals surface area contributed by atoms with Crippen molar-refractivity contribution in [3.05, 3.63) is 29.8 Å². The topological polar surface area (TPSA) is 69.6 Å². The number of benzene rings is 1. The molecule has 21 heavy (non-hydrogen) atoms. The number of carboxylic acid groups (broad SMARTS) is 1. The van der Waals surface area contributed by atoms with E-state index in [0.29, 0.717) is 24.7 Å². The minimum atomic E-state index is -1.04. The van der Waals surface area contributed by atoms with Crippen LogP contribution in [0.3, 0.4) is 0 Å². The number of hydrogen-bond acceptors (Lipinski definition) is 2. The van der Waals surface area contributed by atoms with Crippen LogP contribution in [-0.2, 0) is 0 Å². The highest BCUT2D eigenvalue weighted by molar-refractivity contribution is 6.00. The van der Waals surface area contributed by atoms with E-state index in [-0.39, 0.29) is 17.0 Å². The van der Waals surface area contributed by atoms with Crippen molar-refractivity contribution in [1.29, 1.82) is 0 Å². The van der Waals surface area contributed by atoms with Crippen molar-refractivity contribution in [2.24, 2.45) is 11.3 Å². The number of rotatable bonds is 2. The number of carboxylic acids is 1. The molecule has 1 fully saturated rings. The number of anilines is 1. The first-order chi connectivity index (χ1) is 9.79. The van der Waals surface area contributed by atoms with Gasteiger partial charge in [-0.25, -0.2) is 9.59 Å². The Hall–Kier alpha value is -2.04. The summed E-state index contributed by atoms with van der Waals surface area (Å²) in [5.74, 6) is -0.571. The monoisotopic (exact) mass is 290 g/mol. The number of para-hydroxylation sites is 1. The predicted molar refractivity (Wildman–Crippen MR) is 81.6 cm³/mol. The van der Waals surface area contributed by atoms with Crippen molar-refractivity contribution < 1.29 is 14.7 Å². The van der Waals surface area contributed by atoms with Gasteiger partial charge >= 0.3 is 12.0 Å². The Kier molecular flexibility index (Phi) is 4.21. The number of carbonyl (C=O) groups is 2. The predicted octanol–water partition coefficient (Wildman–Crippen LogP) is 3.28. The van der Waals surface area contributed by atoms with Crippen molar-refractivity contribution in [2.45, 2.75) is 27.2 Å². The molecule has 1 heterocycles. The summed E-state index contributed by atoms with van der Waals surface area (Å²) in [6.07, 6.45) is 0.984. The van der Waals surface area contributed by atoms with Crippen LogP contribution in [0.4, 0.5) is 10.5 Å². The SMILES string of the molecule is CC(C)(C)C1CCN(C(=O)Nc2ccccc2C(=O)O)C1. The van der Waals surface area contributed by atoms with E-state index in [1.165, 1.54) is 6.07 Å². The maximum absolute atomic E-state index is 12.3. The summed E-state index contributed by atoms with van der Waals surface area (Å²) in [4.78, 5) is 25.2. The third-order valence-electron chi connectivity index (χ3n) is 4.10. The molecule has 1 aliphatic rings. The van der Waals surface area contributed by atoms with Gasteiger partial charge in [0, 0.05) is 13.1 Å². The van der Waals surface area contributed by atoms with Gasteiger partial charge in [-0.15, -0.1) is 0 Å². The Labute approximate surface area is 125 Å². The molecule has 2 rings (SSSR count). The number of nitrogens with zero attached hydrogens (tertiary/aromatic N) is 1. The Balaban J connectivity index is 2.05. The van der Waals surface area contributed by atoms with Crippen molar-refractivity contribution in [1.82, 2.24) is 4.90 Å². The van der Waals surface area contributed by atoms with Gasteiger partial charge in [0.25, 0.3) is 0 Å². The summed E-state index contributed by atoms with van der Waals surface area (Å²) in [6, 6.07) is 6.23. The molecule has 1 aromatic carbocycles. The third-order valence-corrected chi connectivity index (χ3v) is 4.10. The highest BCUT2D eigenvalue weighted by Crippen LogP contribution is 2.33. The summed E-state index contributed by atoms with van der Waals surface area (Å²) in [7, 11) is 0. The Morgan fingerprint density at radius 1 is 1.29 bits per heavy atom. The van der Waals surface area contributed by atoms with E-state index in [0.717, 1.165) is 6.42 Å². The first kappa shape index (κ1) is 15.4. The number of aromatic carboxylic acids is 1. The van der Waals surface area contributed by atoms with Gasteiger partial charge in [0.1, 0.15) is 0 Å². The largest absolute Gasteiger partial charge is 0.478 e. The second-order valence-corrected chi connectivity index (χ2v) is 6.58. The summed E-state index contributed by atoms with van der Waals surface area (Å²) in [6.45, 7) is 7.96. The molecule has 0 spiro atoms. The van der Waals surface area contributed by atoms with Crippen LogP contribution in [0.1, 0.15) is 37.6 Å². The van der Waals surface area contributed by atoms with E-state index in [1.807, 2.05) is 0 Å². The quantitative estimate of drug-likeness (QED) is 0.878. The highest BCUT2D eigenvalue weighted by atomic mass is 16.4. The molecule has 2 amide bonds. The minimum absolute atomic E-state index is 0.109. The fraction of sp³-hybridized carbons (Fsp3) is 0.500. The zero-order valence-corrected chi connectivity index (χ0v) is 12.7. The molecule has 2 N–H and O–H groups in total. The summed E-state index contributed by atoms with van der Waals surface area (Å²) < 4.78 is 0. The maximum Gasteiger partial charge on any atom is 0.337 e. The van der Waals surface area contributed by atoms with Crippen LogP contribution >= 0.6 is 0 Å². The lowest BCUT2D eigenvalue weighted by Gasteiger charge is -2.27. The molecule has 5 nitrogen and oxygen atoms in total. The van der Waals surface area contributed by atoms with E-state index in [2.05, 4.69) is 26.1 Å². The Morgan fingerprint density at radius 2 is 1.95 bits per heavy atom.